The Kier molecular flexibility index (Phi) is 7.00. The summed E-state index contributed by atoms with van der Waals surface area (Å²) in [6.45, 7) is 6.78. The minimum Gasteiger partial charge on any atom is -0.496 e. The van der Waals surface area contributed by atoms with E-state index >= 15 is 0 Å². The number of methoxy groups -OCH3 is 1. The molecule has 4 rings (SSSR count). The number of hydrogen-bond acceptors (Lipinski definition) is 5. The Labute approximate surface area is 189 Å². The Bertz CT molecular complexity index is 916. The van der Waals surface area contributed by atoms with Crippen LogP contribution >= 0.6 is 11.8 Å². The molecule has 6 nitrogen and oxygen atoms in total. The summed E-state index contributed by atoms with van der Waals surface area (Å²) < 4.78 is 7.51. The molecular weight excluding hydrogens is 408 g/mol. The van der Waals surface area contributed by atoms with Gasteiger partial charge in [0.15, 0.2) is 11.0 Å². The van der Waals surface area contributed by atoms with E-state index in [2.05, 4.69) is 28.6 Å². The fourth-order valence-electron chi connectivity index (χ4n) is 4.50. The molecule has 0 unspecified atom stereocenters. The van der Waals surface area contributed by atoms with Crippen LogP contribution in [0.25, 0.3) is 11.4 Å². The lowest BCUT2D eigenvalue weighted by Crippen LogP contribution is -2.44. The van der Waals surface area contributed by atoms with Crippen molar-refractivity contribution in [2.75, 3.05) is 12.9 Å². The molecule has 1 aromatic carbocycles. The van der Waals surface area contributed by atoms with Gasteiger partial charge in [0.05, 0.1) is 18.4 Å². The van der Waals surface area contributed by atoms with Crippen LogP contribution in [0.1, 0.15) is 45.4 Å². The van der Waals surface area contributed by atoms with Crippen LogP contribution in [0, 0.1) is 5.92 Å². The Morgan fingerprint density at radius 3 is 2.52 bits per heavy atom. The summed E-state index contributed by atoms with van der Waals surface area (Å²) in [5, 5.41) is 9.56. The summed E-state index contributed by atoms with van der Waals surface area (Å²) >= 11 is 1.47. The van der Waals surface area contributed by atoms with Crippen LogP contribution in [-0.2, 0) is 11.3 Å². The van der Waals surface area contributed by atoms with Crippen molar-refractivity contribution in [1.82, 2.24) is 19.7 Å². The zero-order chi connectivity index (χ0) is 21.8. The molecule has 31 heavy (non-hydrogen) atoms. The lowest BCUT2D eigenvalue weighted by molar-refractivity contribution is -0.132. The van der Waals surface area contributed by atoms with E-state index in [0.717, 1.165) is 53.9 Å². The van der Waals surface area contributed by atoms with Gasteiger partial charge in [-0.25, -0.2) is 0 Å². The van der Waals surface area contributed by atoms with Crippen molar-refractivity contribution in [2.45, 2.75) is 69.2 Å². The highest BCUT2D eigenvalue weighted by molar-refractivity contribution is 7.99. The quantitative estimate of drug-likeness (QED) is 0.414. The van der Waals surface area contributed by atoms with E-state index in [4.69, 9.17) is 4.74 Å². The lowest BCUT2D eigenvalue weighted by atomic mass is 9.86. The Hall–Kier alpha value is -2.28. The minimum atomic E-state index is 0.235. The third kappa shape index (κ3) is 4.97. The largest absolute Gasteiger partial charge is 0.496 e. The van der Waals surface area contributed by atoms with E-state index < -0.39 is 0 Å². The molecule has 0 radical (unpaired) electrons. The summed E-state index contributed by atoms with van der Waals surface area (Å²) in [6, 6.07) is 8.63. The monoisotopic (exact) mass is 440 g/mol. The molecule has 2 aliphatic rings. The van der Waals surface area contributed by atoms with Gasteiger partial charge in [-0.1, -0.05) is 36.9 Å². The van der Waals surface area contributed by atoms with Crippen molar-refractivity contribution >= 4 is 17.7 Å². The van der Waals surface area contributed by atoms with Gasteiger partial charge in [-0.3, -0.25) is 9.36 Å². The van der Waals surface area contributed by atoms with E-state index in [-0.39, 0.29) is 5.91 Å². The summed E-state index contributed by atoms with van der Waals surface area (Å²) in [6.07, 6.45) is 8.85. The number of nitrogens with zero attached hydrogens (tertiary/aromatic N) is 4. The third-order valence-electron chi connectivity index (χ3n) is 6.31. The van der Waals surface area contributed by atoms with Gasteiger partial charge >= 0.3 is 0 Å². The number of rotatable bonds is 9. The molecule has 2 aromatic rings. The molecule has 166 valence electrons. The summed E-state index contributed by atoms with van der Waals surface area (Å²) in [4.78, 5) is 15.4. The number of para-hydroxylation sites is 1. The van der Waals surface area contributed by atoms with E-state index in [1.165, 1.54) is 24.6 Å². The first-order chi connectivity index (χ1) is 15.1. The molecule has 0 atom stereocenters. The van der Waals surface area contributed by atoms with Crippen LogP contribution < -0.4 is 4.74 Å². The van der Waals surface area contributed by atoms with Gasteiger partial charge in [-0.15, -0.1) is 16.8 Å². The fourth-order valence-corrected chi connectivity index (χ4v) is 5.31. The van der Waals surface area contributed by atoms with Crippen molar-refractivity contribution < 1.29 is 9.53 Å². The van der Waals surface area contributed by atoms with Crippen molar-refractivity contribution in [3.05, 3.63) is 36.9 Å². The zero-order valence-electron chi connectivity index (χ0n) is 18.5. The van der Waals surface area contributed by atoms with E-state index in [1.807, 2.05) is 34.9 Å². The molecule has 0 bridgehead atoms. The number of hydrogen-bond donors (Lipinski definition) is 0. The molecule has 2 fully saturated rings. The van der Waals surface area contributed by atoms with E-state index in [0.29, 0.717) is 24.4 Å². The molecule has 0 N–H and O–H groups in total. The van der Waals surface area contributed by atoms with Crippen molar-refractivity contribution in [1.29, 1.82) is 0 Å². The fraction of sp³-hybridized carbons (Fsp3) is 0.542. The van der Waals surface area contributed by atoms with Crippen LogP contribution in [0.4, 0.5) is 0 Å². The molecule has 1 amide bonds. The first-order valence-corrected chi connectivity index (χ1v) is 12.2. The van der Waals surface area contributed by atoms with E-state index in [9.17, 15) is 4.79 Å². The summed E-state index contributed by atoms with van der Waals surface area (Å²) in [5.41, 5.74) is 0.883. The summed E-state index contributed by atoms with van der Waals surface area (Å²) in [7, 11) is 1.65. The molecule has 1 heterocycles. The summed E-state index contributed by atoms with van der Waals surface area (Å²) in [5.74, 6) is 2.89. The highest BCUT2D eigenvalue weighted by atomic mass is 32.2. The number of ether oxygens (including phenoxy) is 1. The molecule has 0 spiro atoms. The first-order valence-electron chi connectivity index (χ1n) is 11.2. The predicted molar refractivity (Wildman–Crippen MR) is 124 cm³/mol. The van der Waals surface area contributed by atoms with Gasteiger partial charge in [-0.2, -0.15) is 0 Å². The number of carbonyl (C=O) groups is 1. The normalized spacial score (nSPS) is 21.0. The second-order valence-electron chi connectivity index (χ2n) is 8.64. The number of aromatic nitrogens is 3. The lowest BCUT2D eigenvalue weighted by Gasteiger charge is -2.36. The molecule has 2 saturated carbocycles. The second-order valence-corrected chi connectivity index (χ2v) is 9.58. The molecule has 0 aliphatic heterocycles. The smallest absolute Gasteiger partial charge is 0.233 e. The van der Waals surface area contributed by atoms with Crippen molar-refractivity contribution in [3.63, 3.8) is 0 Å². The predicted octanol–water partition coefficient (Wildman–Crippen LogP) is 4.80. The average Bonchev–Trinajstić information content (AvgIpc) is 3.54. The maximum atomic E-state index is 13.2. The molecule has 2 aliphatic carbocycles. The highest BCUT2D eigenvalue weighted by Gasteiger charge is 2.38. The van der Waals surface area contributed by atoms with Crippen molar-refractivity contribution in [3.8, 4) is 17.1 Å². The van der Waals surface area contributed by atoms with E-state index in [1.54, 1.807) is 7.11 Å². The molecule has 1 aromatic heterocycles. The minimum absolute atomic E-state index is 0.235. The van der Waals surface area contributed by atoms with Crippen LogP contribution in [0.2, 0.25) is 0 Å². The van der Waals surface area contributed by atoms with Gasteiger partial charge in [0.1, 0.15) is 5.75 Å². The van der Waals surface area contributed by atoms with Crippen LogP contribution in [0.15, 0.2) is 42.1 Å². The van der Waals surface area contributed by atoms with Gasteiger partial charge < -0.3 is 9.64 Å². The van der Waals surface area contributed by atoms with Crippen LogP contribution in [0.5, 0.6) is 5.75 Å². The first kappa shape index (κ1) is 21.9. The Morgan fingerprint density at radius 2 is 1.87 bits per heavy atom. The average molecular weight is 441 g/mol. The number of thioether (sulfide) groups is 1. The number of allylic oxidation sites excluding steroid dienone is 1. The highest BCUT2D eigenvalue weighted by Crippen LogP contribution is 2.36. The standard InChI is InChI=1S/C24H32N4O2S/c1-4-15-27-23(20-7-5-6-8-21(20)30-3)25-26-24(27)31-16-22(29)28(19-13-14-19)18-11-9-17(2)10-12-18/h4-8,17-19H,1,9-16H2,2-3H3. The third-order valence-corrected chi connectivity index (χ3v) is 7.26. The maximum Gasteiger partial charge on any atom is 0.233 e. The zero-order valence-corrected chi connectivity index (χ0v) is 19.3. The number of carbonyl (C=O) groups excluding carboxylic acids is 1. The second kappa shape index (κ2) is 9.90. The number of benzene rings is 1. The van der Waals surface area contributed by atoms with Gasteiger partial charge in [0.2, 0.25) is 5.91 Å². The van der Waals surface area contributed by atoms with Gasteiger partial charge in [-0.05, 0) is 56.6 Å². The number of amides is 1. The molecule has 7 heteroatoms. The SMILES string of the molecule is C=CCn1c(SCC(=O)N(C2CCC(C)CC2)C2CC2)nnc1-c1ccccc1OC. The molecular formula is C24H32N4O2S. The van der Waals surface area contributed by atoms with Gasteiger partial charge in [0, 0.05) is 18.6 Å². The van der Waals surface area contributed by atoms with Crippen LogP contribution in [-0.4, -0.2) is 50.5 Å². The van der Waals surface area contributed by atoms with Crippen molar-refractivity contribution in [2.24, 2.45) is 5.92 Å². The van der Waals surface area contributed by atoms with Gasteiger partial charge in [0.25, 0.3) is 0 Å². The van der Waals surface area contributed by atoms with Crippen LogP contribution in [0.3, 0.4) is 0 Å². The Balaban J connectivity index is 1.49. The Morgan fingerprint density at radius 1 is 1.19 bits per heavy atom. The maximum absolute atomic E-state index is 13.2. The molecule has 0 saturated heterocycles. The topological polar surface area (TPSA) is 60.2 Å².